The minimum atomic E-state index is -0.162. The quantitative estimate of drug-likeness (QED) is 0.316. The van der Waals surface area contributed by atoms with Gasteiger partial charge in [-0.3, -0.25) is 14.2 Å². The normalized spacial score (nSPS) is 10.9. The summed E-state index contributed by atoms with van der Waals surface area (Å²) in [5, 5.41) is 3.93. The van der Waals surface area contributed by atoms with E-state index in [1.54, 1.807) is 16.7 Å². The fourth-order valence-electron chi connectivity index (χ4n) is 3.06. The summed E-state index contributed by atoms with van der Waals surface area (Å²) >= 11 is 4.66. The highest BCUT2D eigenvalue weighted by molar-refractivity contribution is 9.10. The molecule has 0 bridgehead atoms. The van der Waals surface area contributed by atoms with Crippen molar-refractivity contribution in [2.24, 2.45) is 0 Å². The number of rotatable bonds is 5. The minimum absolute atomic E-state index is 0.135. The van der Waals surface area contributed by atoms with Crippen molar-refractivity contribution in [2.45, 2.75) is 12.1 Å². The predicted octanol–water partition coefficient (Wildman–Crippen LogP) is 5.19. The van der Waals surface area contributed by atoms with Gasteiger partial charge in [-0.05, 0) is 55.0 Å². The van der Waals surface area contributed by atoms with E-state index in [4.69, 9.17) is 0 Å². The zero-order valence-corrected chi connectivity index (χ0v) is 18.5. The third-order valence-electron chi connectivity index (χ3n) is 4.58. The first-order valence-electron chi connectivity index (χ1n) is 9.29. The Labute approximate surface area is 186 Å². The molecule has 3 aromatic carbocycles. The Morgan fingerprint density at radius 2 is 1.73 bits per heavy atom. The molecule has 4 rings (SSSR count). The number of fused-ring (bicyclic) bond motifs is 1. The molecule has 0 radical (unpaired) electrons. The molecule has 4 aromatic rings. The van der Waals surface area contributed by atoms with E-state index >= 15 is 0 Å². The molecule has 0 aliphatic heterocycles. The summed E-state index contributed by atoms with van der Waals surface area (Å²) in [4.78, 5) is 30.4. The van der Waals surface area contributed by atoms with Crippen molar-refractivity contribution in [1.29, 1.82) is 0 Å². The van der Waals surface area contributed by atoms with Crippen molar-refractivity contribution in [1.82, 2.24) is 9.55 Å². The Balaban J connectivity index is 1.68. The molecule has 5 nitrogen and oxygen atoms in total. The van der Waals surface area contributed by atoms with Crippen molar-refractivity contribution < 1.29 is 4.79 Å². The highest BCUT2D eigenvalue weighted by Crippen LogP contribution is 2.23. The maximum Gasteiger partial charge on any atom is 0.266 e. The number of para-hydroxylation sites is 2. The van der Waals surface area contributed by atoms with Gasteiger partial charge < -0.3 is 5.32 Å². The Morgan fingerprint density at radius 1 is 1.03 bits per heavy atom. The first-order chi connectivity index (χ1) is 14.5. The van der Waals surface area contributed by atoms with Crippen molar-refractivity contribution in [2.75, 3.05) is 11.1 Å². The lowest BCUT2D eigenvalue weighted by Crippen LogP contribution is -2.23. The number of aromatic nitrogens is 2. The SMILES string of the molecule is Cc1ccccc1NC(=O)CSc1nc2ccccc2c(=O)n1-c1ccc(Br)cc1. The standard InChI is InChI=1S/C23H18BrN3O2S/c1-15-6-2-4-8-19(15)25-21(28)14-30-23-26-20-9-5-3-7-18(20)22(29)27(23)17-12-10-16(24)11-13-17/h2-13H,14H2,1H3,(H,25,28). The largest absolute Gasteiger partial charge is 0.325 e. The molecule has 0 spiro atoms. The van der Waals surface area contributed by atoms with Gasteiger partial charge in [0.2, 0.25) is 5.91 Å². The van der Waals surface area contributed by atoms with Crippen LogP contribution in [0, 0.1) is 6.92 Å². The average Bonchev–Trinajstić information content (AvgIpc) is 2.75. The van der Waals surface area contributed by atoms with Crippen LogP contribution in [0.15, 0.2) is 87.2 Å². The summed E-state index contributed by atoms with van der Waals surface area (Å²) in [5.74, 6) is -0.0191. The molecule has 0 saturated carbocycles. The van der Waals surface area contributed by atoms with E-state index in [9.17, 15) is 9.59 Å². The number of thioether (sulfide) groups is 1. The van der Waals surface area contributed by atoms with Crippen LogP contribution in [0.4, 0.5) is 5.69 Å². The zero-order chi connectivity index (χ0) is 21.1. The van der Waals surface area contributed by atoms with E-state index in [1.807, 2.05) is 67.6 Å². The molecule has 7 heteroatoms. The second-order valence-electron chi connectivity index (χ2n) is 6.68. The van der Waals surface area contributed by atoms with E-state index in [0.717, 1.165) is 15.7 Å². The molecule has 150 valence electrons. The summed E-state index contributed by atoms with van der Waals surface area (Å²) in [7, 11) is 0. The molecule has 1 amide bonds. The summed E-state index contributed by atoms with van der Waals surface area (Å²) < 4.78 is 2.47. The molecule has 30 heavy (non-hydrogen) atoms. The van der Waals surface area contributed by atoms with E-state index < -0.39 is 0 Å². The van der Waals surface area contributed by atoms with Crippen LogP contribution in [-0.2, 0) is 4.79 Å². The fraction of sp³-hybridized carbons (Fsp3) is 0.0870. The topological polar surface area (TPSA) is 64.0 Å². The van der Waals surface area contributed by atoms with Crippen LogP contribution < -0.4 is 10.9 Å². The van der Waals surface area contributed by atoms with Gasteiger partial charge >= 0.3 is 0 Å². The van der Waals surface area contributed by atoms with Crippen LogP contribution in [0.25, 0.3) is 16.6 Å². The van der Waals surface area contributed by atoms with Gasteiger partial charge in [0.1, 0.15) is 0 Å². The monoisotopic (exact) mass is 479 g/mol. The smallest absolute Gasteiger partial charge is 0.266 e. The van der Waals surface area contributed by atoms with Gasteiger partial charge in [0, 0.05) is 10.2 Å². The first kappa shape index (κ1) is 20.4. The summed E-state index contributed by atoms with van der Waals surface area (Å²) in [6, 6.07) is 22.3. The first-order valence-corrected chi connectivity index (χ1v) is 11.1. The van der Waals surface area contributed by atoms with Gasteiger partial charge in [-0.1, -0.05) is 58.0 Å². The van der Waals surface area contributed by atoms with Gasteiger partial charge in [-0.2, -0.15) is 0 Å². The maximum absolute atomic E-state index is 13.2. The molecule has 0 saturated heterocycles. The number of aryl methyl sites for hydroxylation is 1. The summed E-state index contributed by atoms with van der Waals surface area (Å²) in [6.07, 6.45) is 0. The molecule has 0 fully saturated rings. The zero-order valence-electron chi connectivity index (χ0n) is 16.1. The van der Waals surface area contributed by atoms with Crippen LogP contribution in [0.5, 0.6) is 0 Å². The highest BCUT2D eigenvalue weighted by atomic mass is 79.9. The van der Waals surface area contributed by atoms with Gasteiger partial charge in [0.15, 0.2) is 5.16 Å². The molecule has 0 unspecified atom stereocenters. The number of halogens is 1. The summed E-state index contributed by atoms with van der Waals surface area (Å²) in [5.41, 5.74) is 2.91. The van der Waals surface area contributed by atoms with Crippen molar-refractivity contribution in [3.63, 3.8) is 0 Å². The van der Waals surface area contributed by atoms with Crippen LogP contribution in [0.1, 0.15) is 5.56 Å². The number of carbonyl (C=O) groups excluding carboxylic acids is 1. The molecule has 0 aliphatic carbocycles. The number of nitrogens with one attached hydrogen (secondary N) is 1. The Bertz CT molecular complexity index is 1290. The van der Waals surface area contributed by atoms with Crippen molar-refractivity contribution in [3.8, 4) is 5.69 Å². The van der Waals surface area contributed by atoms with Gasteiger partial charge in [-0.25, -0.2) is 4.98 Å². The Morgan fingerprint density at radius 3 is 2.50 bits per heavy atom. The lowest BCUT2D eigenvalue weighted by Gasteiger charge is -2.13. The molecular formula is C23H18BrN3O2S. The highest BCUT2D eigenvalue weighted by Gasteiger charge is 2.15. The predicted molar refractivity (Wildman–Crippen MR) is 126 cm³/mol. The number of anilines is 1. The van der Waals surface area contributed by atoms with Crippen molar-refractivity contribution >= 4 is 50.2 Å². The van der Waals surface area contributed by atoms with E-state index in [2.05, 4.69) is 26.2 Å². The third kappa shape index (κ3) is 4.32. The van der Waals surface area contributed by atoms with Crippen LogP contribution in [0.2, 0.25) is 0 Å². The number of amides is 1. The van der Waals surface area contributed by atoms with Crippen molar-refractivity contribution in [3.05, 3.63) is 93.2 Å². The second kappa shape index (κ2) is 8.85. The molecule has 1 N–H and O–H groups in total. The third-order valence-corrected chi connectivity index (χ3v) is 6.05. The number of hydrogen-bond donors (Lipinski definition) is 1. The number of carbonyl (C=O) groups is 1. The Kier molecular flexibility index (Phi) is 6.01. The number of nitrogens with zero attached hydrogens (tertiary/aromatic N) is 2. The second-order valence-corrected chi connectivity index (χ2v) is 8.54. The molecular weight excluding hydrogens is 462 g/mol. The fourth-order valence-corrected chi connectivity index (χ4v) is 4.13. The van der Waals surface area contributed by atoms with Gasteiger partial charge in [0.05, 0.1) is 22.3 Å². The Hall–Kier alpha value is -2.90. The van der Waals surface area contributed by atoms with Crippen LogP contribution in [-0.4, -0.2) is 21.2 Å². The summed E-state index contributed by atoms with van der Waals surface area (Å²) in [6.45, 7) is 1.94. The minimum Gasteiger partial charge on any atom is -0.325 e. The van der Waals surface area contributed by atoms with Crippen LogP contribution in [0.3, 0.4) is 0 Å². The number of benzene rings is 3. The molecule has 0 atom stereocenters. The number of hydrogen-bond acceptors (Lipinski definition) is 4. The van der Waals surface area contributed by atoms with Gasteiger partial charge in [-0.15, -0.1) is 0 Å². The van der Waals surface area contributed by atoms with Gasteiger partial charge in [0.25, 0.3) is 5.56 Å². The maximum atomic E-state index is 13.2. The van der Waals surface area contributed by atoms with E-state index in [0.29, 0.717) is 21.7 Å². The average molecular weight is 480 g/mol. The van der Waals surface area contributed by atoms with E-state index in [-0.39, 0.29) is 17.2 Å². The molecule has 1 aromatic heterocycles. The molecule has 0 aliphatic rings. The van der Waals surface area contributed by atoms with E-state index in [1.165, 1.54) is 11.8 Å². The van der Waals surface area contributed by atoms with Crippen LogP contribution >= 0.6 is 27.7 Å². The lowest BCUT2D eigenvalue weighted by atomic mass is 10.2. The molecule has 1 heterocycles. The lowest BCUT2D eigenvalue weighted by molar-refractivity contribution is -0.113.